The van der Waals surface area contributed by atoms with Crippen LogP contribution >= 0.6 is 0 Å². The molecule has 1 N–H and O–H groups in total. The summed E-state index contributed by atoms with van der Waals surface area (Å²) in [6.45, 7) is 0.695. The summed E-state index contributed by atoms with van der Waals surface area (Å²) in [5, 5.41) is 2.87. The average molecular weight is 272 g/mol. The number of nitrogens with zero attached hydrogens (tertiary/aromatic N) is 1. The van der Waals surface area contributed by atoms with Gasteiger partial charge in [0.1, 0.15) is 6.54 Å². The molecule has 1 saturated carbocycles. The molecule has 1 heterocycles. The van der Waals surface area contributed by atoms with Gasteiger partial charge in [-0.25, -0.2) is 0 Å². The quantitative estimate of drug-likeness (QED) is 0.899. The minimum absolute atomic E-state index is 0.102. The van der Waals surface area contributed by atoms with E-state index in [1.54, 1.807) is 4.90 Å². The Hall–Kier alpha value is -1.84. The van der Waals surface area contributed by atoms with E-state index >= 15 is 0 Å². The third kappa shape index (κ3) is 2.84. The molecule has 1 aromatic rings. The van der Waals surface area contributed by atoms with E-state index in [1.165, 1.54) is 12.8 Å². The van der Waals surface area contributed by atoms with E-state index < -0.39 is 0 Å². The van der Waals surface area contributed by atoms with Gasteiger partial charge in [0.2, 0.25) is 11.8 Å². The number of amides is 2. The van der Waals surface area contributed by atoms with Crippen molar-refractivity contribution >= 4 is 17.5 Å². The highest BCUT2D eigenvalue weighted by Crippen LogP contribution is 2.29. The normalized spacial score (nSPS) is 19.4. The molecule has 0 aromatic heterocycles. The summed E-state index contributed by atoms with van der Waals surface area (Å²) in [4.78, 5) is 26.0. The van der Waals surface area contributed by atoms with Crippen LogP contribution in [0.2, 0.25) is 0 Å². The molecule has 0 atom stereocenters. The number of carbonyl (C=O) groups excluding carboxylic acids is 2. The number of hydrogen-bond donors (Lipinski definition) is 1. The van der Waals surface area contributed by atoms with Gasteiger partial charge in [-0.05, 0) is 30.4 Å². The Kier molecular flexibility index (Phi) is 3.72. The van der Waals surface area contributed by atoms with Crippen LogP contribution in [0, 0.1) is 5.92 Å². The molecule has 20 heavy (non-hydrogen) atoms. The smallest absolute Gasteiger partial charge is 0.244 e. The summed E-state index contributed by atoms with van der Waals surface area (Å²) in [5.74, 6) is 0.530. The third-order valence-corrected chi connectivity index (χ3v) is 4.28. The first-order chi connectivity index (χ1) is 9.72. The molecule has 1 fully saturated rings. The molecule has 1 aliphatic heterocycles. The van der Waals surface area contributed by atoms with Crippen molar-refractivity contribution in [2.24, 2.45) is 5.92 Å². The molecule has 0 unspecified atom stereocenters. The second-order valence-electron chi connectivity index (χ2n) is 5.81. The second-order valence-corrected chi connectivity index (χ2v) is 5.81. The lowest BCUT2D eigenvalue weighted by atomic mass is 10.0. The van der Waals surface area contributed by atoms with Gasteiger partial charge in [-0.2, -0.15) is 0 Å². The van der Waals surface area contributed by atoms with E-state index in [9.17, 15) is 9.59 Å². The Balaban J connectivity index is 1.73. The maximum Gasteiger partial charge on any atom is 0.244 e. The average Bonchev–Trinajstić information content (AvgIpc) is 2.86. The van der Waals surface area contributed by atoms with E-state index in [0.717, 1.165) is 24.1 Å². The summed E-state index contributed by atoms with van der Waals surface area (Å²) in [7, 11) is 0. The van der Waals surface area contributed by atoms with Crippen molar-refractivity contribution < 1.29 is 9.59 Å². The molecule has 4 nitrogen and oxygen atoms in total. The van der Waals surface area contributed by atoms with Crippen LogP contribution in [0.25, 0.3) is 0 Å². The van der Waals surface area contributed by atoms with Crippen molar-refractivity contribution in [2.45, 2.75) is 38.6 Å². The standard InChI is InChI=1S/C16H20N2O2/c19-15-11-18(16(20)9-12-5-1-2-6-12)10-13-7-3-4-8-14(13)17-15/h3-4,7-8,12H,1-2,5-6,9-11H2,(H,17,19). The Labute approximate surface area is 119 Å². The first kappa shape index (κ1) is 13.2. The van der Waals surface area contributed by atoms with Crippen LogP contribution in [0.1, 0.15) is 37.7 Å². The Morgan fingerprint density at radius 2 is 1.95 bits per heavy atom. The van der Waals surface area contributed by atoms with Crippen LogP contribution in [0.3, 0.4) is 0 Å². The molecule has 4 heteroatoms. The van der Waals surface area contributed by atoms with Crippen LogP contribution in [-0.4, -0.2) is 23.3 Å². The zero-order valence-corrected chi connectivity index (χ0v) is 11.6. The maximum atomic E-state index is 12.4. The number of benzene rings is 1. The monoisotopic (exact) mass is 272 g/mol. The molecule has 1 aromatic carbocycles. The van der Waals surface area contributed by atoms with Crippen LogP contribution in [0.5, 0.6) is 0 Å². The lowest BCUT2D eigenvalue weighted by Gasteiger charge is -2.21. The minimum atomic E-state index is -0.102. The zero-order valence-electron chi connectivity index (χ0n) is 11.6. The molecular weight excluding hydrogens is 252 g/mol. The van der Waals surface area contributed by atoms with Gasteiger partial charge in [0, 0.05) is 18.7 Å². The molecule has 3 rings (SSSR count). The zero-order chi connectivity index (χ0) is 13.9. The van der Waals surface area contributed by atoms with Crippen molar-refractivity contribution in [1.82, 2.24) is 4.90 Å². The van der Waals surface area contributed by atoms with Gasteiger partial charge in [0.15, 0.2) is 0 Å². The van der Waals surface area contributed by atoms with Crippen molar-refractivity contribution in [3.05, 3.63) is 29.8 Å². The molecular formula is C16H20N2O2. The van der Waals surface area contributed by atoms with Crippen molar-refractivity contribution in [3.8, 4) is 0 Å². The van der Waals surface area contributed by atoms with Crippen LogP contribution in [-0.2, 0) is 16.1 Å². The topological polar surface area (TPSA) is 49.4 Å². The van der Waals surface area contributed by atoms with Gasteiger partial charge in [0.05, 0.1) is 0 Å². The van der Waals surface area contributed by atoms with Crippen LogP contribution in [0.4, 0.5) is 5.69 Å². The van der Waals surface area contributed by atoms with E-state index in [2.05, 4.69) is 5.32 Å². The van der Waals surface area contributed by atoms with Gasteiger partial charge in [-0.3, -0.25) is 9.59 Å². The molecule has 2 aliphatic rings. The molecule has 0 saturated heterocycles. The molecule has 1 aliphatic carbocycles. The number of carbonyl (C=O) groups is 2. The fourth-order valence-electron chi connectivity index (χ4n) is 3.17. The number of rotatable bonds is 2. The van der Waals surface area contributed by atoms with Gasteiger partial charge >= 0.3 is 0 Å². The highest BCUT2D eigenvalue weighted by atomic mass is 16.2. The van der Waals surface area contributed by atoms with E-state index in [4.69, 9.17) is 0 Å². The van der Waals surface area contributed by atoms with E-state index in [1.807, 2.05) is 24.3 Å². The van der Waals surface area contributed by atoms with Crippen molar-refractivity contribution in [2.75, 3.05) is 11.9 Å². The highest BCUT2D eigenvalue weighted by Gasteiger charge is 2.26. The summed E-state index contributed by atoms with van der Waals surface area (Å²) in [5.41, 5.74) is 1.84. The number of fused-ring (bicyclic) bond motifs is 1. The van der Waals surface area contributed by atoms with Crippen LogP contribution in [0.15, 0.2) is 24.3 Å². The van der Waals surface area contributed by atoms with E-state index in [-0.39, 0.29) is 18.4 Å². The lowest BCUT2D eigenvalue weighted by molar-refractivity contribution is -0.135. The number of anilines is 1. The predicted octanol–water partition coefficient (Wildman–Crippen LogP) is 2.55. The molecule has 0 spiro atoms. The lowest BCUT2D eigenvalue weighted by Crippen LogP contribution is -2.36. The first-order valence-electron chi connectivity index (χ1n) is 7.38. The minimum Gasteiger partial charge on any atom is -0.329 e. The Morgan fingerprint density at radius 3 is 2.75 bits per heavy atom. The van der Waals surface area contributed by atoms with Crippen molar-refractivity contribution in [1.29, 1.82) is 0 Å². The SMILES string of the molecule is O=C1CN(C(=O)CC2CCCC2)Cc2ccccc2N1. The molecule has 0 bridgehead atoms. The number of para-hydroxylation sites is 1. The van der Waals surface area contributed by atoms with Gasteiger partial charge in [-0.15, -0.1) is 0 Å². The van der Waals surface area contributed by atoms with Gasteiger partial charge < -0.3 is 10.2 Å². The number of nitrogens with one attached hydrogen (secondary N) is 1. The fraction of sp³-hybridized carbons (Fsp3) is 0.500. The van der Waals surface area contributed by atoms with E-state index in [0.29, 0.717) is 18.9 Å². The van der Waals surface area contributed by atoms with Gasteiger partial charge in [0.25, 0.3) is 0 Å². The Bertz CT molecular complexity index is 521. The van der Waals surface area contributed by atoms with Gasteiger partial charge in [-0.1, -0.05) is 31.0 Å². The fourth-order valence-corrected chi connectivity index (χ4v) is 3.17. The predicted molar refractivity (Wildman–Crippen MR) is 77.1 cm³/mol. The maximum absolute atomic E-state index is 12.4. The summed E-state index contributed by atoms with van der Waals surface area (Å²) in [6, 6.07) is 7.69. The Morgan fingerprint density at radius 1 is 1.20 bits per heavy atom. The highest BCUT2D eigenvalue weighted by molar-refractivity contribution is 5.96. The summed E-state index contributed by atoms with van der Waals surface area (Å²) >= 11 is 0. The summed E-state index contributed by atoms with van der Waals surface area (Å²) in [6.07, 6.45) is 5.38. The second kappa shape index (κ2) is 5.65. The molecule has 106 valence electrons. The largest absolute Gasteiger partial charge is 0.329 e. The molecule has 0 radical (unpaired) electrons. The summed E-state index contributed by atoms with van der Waals surface area (Å²) < 4.78 is 0. The van der Waals surface area contributed by atoms with Crippen molar-refractivity contribution in [3.63, 3.8) is 0 Å². The molecule has 2 amide bonds. The number of hydrogen-bond acceptors (Lipinski definition) is 2. The third-order valence-electron chi connectivity index (χ3n) is 4.28. The first-order valence-corrected chi connectivity index (χ1v) is 7.38. The van der Waals surface area contributed by atoms with Crippen LogP contribution < -0.4 is 5.32 Å².